The fourth-order valence-electron chi connectivity index (χ4n) is 4.47. The summed E-state index contributed by atoms with van der Waals surface area (Å²) in [7, 11) is 1.65. The number of nitrogens with zero attached hydrogens (tertiary/aromatic N) is 3. The van der Waals surface area contributed by atoms with E-state index in [1.165, 1.54) is 0 Å². The lowest BCUT2D eigenvalue weighted by atomic mass is 9.98. The largest absolute Gasteiger partial charge is 0.497 e. The van der Waals surface area contributed by atoms with Crippen LogP contribution in [0.3, 0.4) is 0 Å². The SMILES string of the molecule is CCN(CC(=O)N1N=C(c2ccccc2)CC1c1ccc(OC)cc1)Cc1ccc2c(c1)OCO2. The molecule has 180 valence electrons. The van der Waals surface area contributed by atoms with Crippen molar-refractivity contribution in [1.82, 2.24) is 9.91 Å². The summed E-state index contributed by atoms with van der Waals surface area (Å²) >= 11 is 0. The van der Waals surface area contributed by atoms with Crippen LogP contribution in [0.25, 0.3) is 0 Å². The van der Waals surface area contributed by atoms with E-state index in [2.05, 4.69) is 11.8 Å². The molecule has 0 saturated heterocycles. The van der Waals surface area contributed by atoms with Gasteiger partial charge in [0, 0.05) is 13.0 Å². The molecule has 7 nitrogen and oxygen atoms in total. The molecule has 0 saturated carbocycles. The second-order valence-corrected chi connectivity index (χ2v) is 8.63. The van der Waals surface area contributed by atoms with E-state index in [0.29, 0.717) is 13.0 Å². The Morgan fingerprint density at radius 1 is 1.06 bits per heavy atom. The number of ether oxygens (including phenoxy) is 3. The maximum absolute atomic E-state index is 13.6. The topological polar surface area (TPSA) is 63.6 Å². The van der Waals surface area contributed by atoms with Gasteiger partial charge in [0.2, 0.25) is 6.79 Å². The predicted octanol–water partition coefficient (Wildman–Crippen LogP) is 4.62. The van der Waals surface area contributed by atoms with Gasteiger partial charge in [0.15, 0.2) is 11.5 Å². The molecule has 1 unspecified atom stereocenters. The van der Waals surface area contributed by atoms with Crippen LogP contribution >= 0.6 is 0 Å². The minimum Gasteiger partial charge on any atom is -0.497 e. The van der Waals surface area contributed by atoms with Crippen molar-refractivity contribution in [2.75, 3.05) is 27.0 Å². The molecule has 0 radical (unpaired) electrons. The number of carbonyl (C=O) groups is 1. The van der Waals surface area contributed by atoms with E-state index >= 15 is 0 Å². The highest BCUT2D eigenvalue weighted by atomic mass is 16.7. The molecule has 1 amide bonds. The molecule has 0 aromatic heterocycles. The summed E-state index contributed by atoms with van der Waals surface area (Å²) in [5, 5.41) is 6.47. The third kappa shape index (κ3) is 5.00. The van der Waals surface area contributed by atoms with Gasteiger partial charge in [-0.2, -0.15) is 5.10 Å². The standard InChI is InChI=1S/C28H29N3O4/c1-3-30(17-20-9-14-26-27(15-20)35-19-34-26)18-28(32)31-25(22-10-12-23(33-2)13-11-22)16-24(29-31)21-7-5-4-6-8-21/h4-15,25H,3,16-19H2,1-2H3. The third-order valence-electron chi connectivity index (χ3n) is 6.42. The number of methoxy groups -OCH3 is 1. The van der Waals surface area contributed by atoms with Crippen LogP contribution in [0.5, 0.6) is 17.2 Å². The molecule has 0 bridgehead atoms. The number of hydrogen-bond acceptors (Lipinski definition) is 6. The van der Waals surface area contributed by atoms with Gasteiger partial charge in [-0.15, -0.1) is 0 Å². The molecule has 0 N–H and O–H groups in total. The van der Waals surface area contributed by atoms with Crippen LogP contribution in [0.15, 0.2) is 77.9 Å². The Bertz CT molecular complexity index is 1210. The number of hydrazone groups is 1. The normalized spacial score (nSPS) is 16.5. The molecule has 5 rings (SSSR count). The minimum absolute atomic E-state index is 0.0284. The Morgan fingerprint density at radius 3 is 2.57 bits per heavy atom. The van der Waals surface area contributed by atoms with Crippen molar-refractivity contribution in [3.8, 4) is 17.2 Å². The Balaban J connectivity index is 1.36. The van der Waals surface area contributed by atoms with Gasteiger partial charge in [0.05, 0.1) is 25.4 Å². The third-order valence-corrected chi connectivity index (χ3v) is 6.42. The highest BCUT2D eigenvalue weighted by Crippen LogP contribution is 2.35. The second-order valence-electron chi connectivity index (χ2n) is 8.63. The Morgan fingerprint density at radius 2 is 1.83 bits per heavy atom. The summed E-state index contributed by atoms with van der Waals surface area (Å²) in [4.78, 5) is 15.7. The maximum Gasteiger partial charge on any atom is 0.257 e. The molecule has 3 aromatic rings. The molecule has 7 heteroatoms. The smallest absolute Gasteiger partial charge is 0.257 e. The number of likely N-dealkylation sites (N-methyl/N-ethyl adjacent to an activating group) is 1. The van der Waals surface area contributed by atoms with Gasteiger partial charge in [-0.3, -0.25) is 9.69 Å². The van der Waals surface area contributed by atoms with Gasteiger partial charge < -0.3 is 14.2 Å². The maximum atomic E-state index is 13.6. The lowest BCUT2D eigenvalue weighted by molar-refractivity contribution is -0.134. The molecule has 2 aliphatic heterocycles. The van der Waals surface area contributed by atoms with Crippen LogP contribution in [0.4, 0.5) is 0 Å². The summed E-state index contributed by atoms with van der Waals surface area (Å²) in [6, 6.07) is 23.7. The van der Waals surface area contributed by atoms with Crippen molar-refractivity contribution < 1.29 is 19.0 Å². The zero-order valence-corrected chi connectivity index (χ0v) is 20.0. The van der Waals surface area contributed by atoms with Crippen LogP contribution in [0.1, 0.15) is 36.1 Å². The number of hydrogen-bond donors (Lipinski definition) is 0. The molecule has 2 aliphatic rings. The molecule has 1 atom stereocenters. The number of benzene rings is 3. The predicted molar refractivity (Wildman–Crippen MR) is 134 cm³/mol. The summed E-state index contributed by atoms with van der Waals surface area (Å²) < 4.78 is 16.2. The van der Waals surface area contributed by atoms with E-state index in [4.69, 9.17) is 19.3 Å². The minimum atomic E-state index is -0.159. The van der Waals surface area contributed by atoms with Gasteiger partial charge in [0.1, 0.15) is 5.75 Å². The van der Waals surface area contributed by atoms with E-state index < -0.39 is 0 Å². The van der Waals surface area contributed by atoms with Gasteiger partial charge >= 0.3 is 0 Å². The van der Waals surface area contributed by atoms with Gasteiger partial charge in [-0.1, -0.05) is 55.5 Å². The zero-order valence-electron chi connectivity index (χ0n) is 20.0. The first-order valence-corrected chi connectivity index (χ1v) is 11.8. The molecule has 0 fully saturated rings. The van der Waals surface area contributed by atoms with Crippen molar-refractivity contribution in [3.05, 3.63) is 89.5 Å². The molecular weight excluding hydrogens is 442 g/mol. The summed E-state index contributed by atoms with van der Waals surface area (Å²) in [6.07, 6.45) is 0.663. The molecule has 2 heterocycles. The van der Waals surface area contributed by atoms with Gasteiger partial charge in [-0.05, 0) is 47.5 Å². The van der Waals surface area contributed by atoms with E-state index in [9.17, 15) is 4.79 Å². The summed E-state index contributed by atoms with van der Waals surface area (Å²) in [5.41, 5.74) is 4.06. The van der Waals surface area contributed by atoms with Crippen molar-refractivity contribution in [1.29, 1.82) is 0 Å². The van der Waals surface area contributed by atoms with E-state index in [1.807, 2.05) is 72.8 Å². The second kappa shape index (κ2) is 10.2. The van der Waals surface area contributed by atoms with Crippen LogP contribution in [-0.4, -0.2) is 48.5 Å². The Kier molecular flexibility index (Phi) is 6.68. The first kappa shape index (κ1) is 22.9. The Hall–Kier alpha value is -3.84. The average Bonchev–Trinajstić information content (AvgIpc) is 3.56. The molecular formula is C28H29N3O4. The molecule has 0 spiro atoms. The van der Waals surface area contributed by atoms with Crippen LogP contribution in [0.2, 0.25) is 0 Å². The van der Waals surface area contributed by atoms with Crippen LogP contribution < -0.4 is 14.2 Å². The number of carbonyl (C=O) groups excluding carboxylic acids is 1. The average molecular weight is 472 g/mol. The first-order valence-electron chi connectivity index (χ1n) is 11.8. The summed E-state index contributed by atoms with van der Waals surface area (Å²) in [6.45, 7) is 3.94. The zero-order chi connectivity index (χ0) is 24.2. The van der Waals surface area contributed by atoms with Gasteiger partial charge in [0.25, 0.3) is 5.91 Å². The number of fused-ring (bicyclic) bond motifs is 1. The van der Waals surface area contributed by atoms with E-state index in [-0.39, 0.29) is 25.3 Å². The number of rotatable bonds is 8. The van der Waals surface area contributed by atoms with Crippen molar-refractivity contribution >= 4 is 11.6 Å². The lowest BCUT2D eigenvalue weighted by Gasteiger charge is -2.26. The highest BCUT2D eigenvalue weighted by Gasteiger charge is 2.33. The molecule has 3 aromatic carbocycles. The fraction of sp³-hybridized carbons (Fsp3) is 0.286. The summed E-state index contributed by atoms with van der Waals surface area (Å²) in [5.74, 6) is 2.27. The van der Waals surface area contributed by atoms with Crippen molar-refractivity contribution in [3.63, 3.8) is 0 Å². The van der Waals surface area contributed by atoms with Crippen molar-refractivity contribution in [2.45, 2.75) is 25.9 Å². The van der Waals surface area contributed by atoms with E-state index in [0.717, 1.165) is 46.2 Å². The Labute approximate surface area is 205 Å². The quantitative estimate of drug-likeness (QED) is 0.480. The highest BCUT2D eigenvalue weighted by molar-refractivity contribution is 6.03. The fourth-order valence-corrected chi connectivity index (χ4v) is 4.47. The van der Waals surface area contributed by atoms with Gasteiger partial charge in [-0.25, -0.2) is 5.01 Å². The lowest BCUT2D eigenvalue weighted by Crippen LogP contribution is -2.38. The first-order chi connectivity index (χ1) is 17.1. The van der Waals surface area contributed by atoms with Crippen molar-refractivity contribution in [2.24, 2.45) is 5.10 Å². The number of amides is 1. The van der Waals surface area contributed by atoms with E-state index in [1.54, 1.807) is 12.1 Å². The monoisotopic (exact) mass is 471 g/mol. The van der Waals surface area contributed by atoms with Crippen LogP contribution in [-0.2, 0) is 11.3 Å². The molecule has 0 aliphatic carbocycles. The molecule has 35 heavy (non-hydrogen) atoms. The van der Waals surface area contributed by atoms with Crippen LogP contribution in [0, 0.1) is 0 Å².